The van der Waals surface area contributed by atoms with E-state index in [2.05, 4.69) is 4.90 Å². The van der Waals surface area contributed by atoms with Gasteiger partial charge in [0.05, 0.1) is 10.8 Å². The Morgan fingerprint density at radius 3 is 2.05 bits per heavy atom. The molecule has 19 heavy (non-hydrogen) atoms. The summed E-state index contributed by atoms with van der Waals surface area (Å²) in [7, 11) is -3.25. The minimum atomic E-state index is -3.25. The van der Waals surface area contributed by atoms with Crippen molar-refractivity contribution in [1.29, 1.82) is 5.41 Å². The van der Waals surface area contributed by atoms with Crippen molar-refractivity contribution in [2.75, 3.05) is 26.2 Å². The summed E-state index contributed by atoms with van der Waals surface area (Å²) in [5.74, 6) is 0.162. The number of nitrogens with two attached hydrogens (primary N) is 1. The third-order valence-electron chi connectivity index (χ3n) is 3.57. The van der Waals surface area contributed by atoms with Crippen molar-refractivity contribution >= 4 is 15.9 Å². The van der Waals surface area contributed by atoms with Crippen LogP contribution < -0.4 is 5.73 Å². The van der Waals surface area contributed by atoms with Crippen molar-refractivity contribution in [3.8, 4) is 0 Å². The highest BCUT2D eigenvalue weighted by molar-refractivity contribution is 7.90. The second kappa shape index (κ2) is 5.76. The molecule has 1 atom stereocenters. The summed E-state index contributed by atoms with van der Waals surface area (Å²) in [5.41, 5.74) is 5.58. The van der Waals surface area contributed by atoms with Crippen LogP contribution in [0.2, 0.25) is 0 Å². The highest BCUT2D eigenvalue weighted by Gasteiger charge is 2.37. The normalized spacial score (nSPS) is 21.3. The Kier molecular flexibility index (Phi) is 4.97. The van der Waals surface area contributed by atoms with Gasteiger partial charge in [-0.25, -0.2) is 8.42 Å². The van der Waals surface area contributed by atoms with Gasteiger partial charge >= 0.3 is 0 Å². The Morgan fingerprint density at radius 2 is 1.74 bits per heavy atom. The van der Waals surface area contributed by atoms with Crippen LogP contribution in [-0.4, -0.2) is 60.4 Å². The fourth-order valence-electron chi connectivity index (χ4n) is 2.32. The topological polar surface area (TPSA) is 90.5 Å². The first-order valence-electron chi connectivity index (χ1n) is 6.69. The number of hydrogen-bond donors (Lipinski definition) is 2. The molecule has 1 rings (SSSR count). The average Bonchev–Trinajstić information content (AvgIpc) is 2.28. The Hall–Kier alpha value is -0.660. The highest BCUT2D eigenvalue weighted by atomic mass is 32.2. The van der Waals surface area contributed by atoms with Crippen molar-refractivity contribution in [3.05, 3.63) is 0 Å². The number of amidine groups is 1. The summed E-state index contributed by atoms with van der Waals surface area (Å²) < 4.78 is 25.4. The Morgan fingerprint density at radius 1 is 1.26 bits per heavy atom. The van der Waals surface area contributed by atoms with E-state index in [1.807, 2.05) is 6.92 Å². The molecule has 1 saturated heterocycles. The third kappa shape index (κ3) is 3.46. The second-order valence-corrected chi connectivity index (χ2v) is 8.62. The van der Waals surface area contributed by atoms with Gasteiger partial charge in [0.1, 0.15) is 5.84 Å². The van der Waals surface area contributed by atoms with Gasteiger partial charge in [-0.1, -0.05) is 6.92 Å². The summed E-state index contributed by atoms with van der Waals surface area (Å²) >= 11 is 0. The van der Waals surface area contributed by atoms with Gasteiger partial charge in [0.15, 0.2) is 0 Å². The third-order valence-corrected chi connectivity index (χ3v) is 6.17. The van der Waals surface area contributed by atoms with E-state index >= 15 is 0 Å². The van der Waals surface area contributed by atoms with Gasteiger partial charge in [-0.15, -0.1) is 0 Å². The van der Waals surface area contributed by atoms with Gasteiger partial charge in [-0.3, -0.25) is 10.3 Å². The molecule has 1 aliphatic rings. The smallest absolute Gasteiger partial charge is 0.219 e. The summed E-state index contributed by atoms with van der Waals surface area (Å²) in [6.07, 6.45) is 0.779. The van der Waals surface area contributed by atoms with E-state index in [0.29, 0.717) is 26.2 Å². The van der Waals surface area contributed by atoms with Gasteiger partial charge in [0, 0.05) is 26.2 Å². The first-order chi connectivity index (χ1) is 8.61. The van der Waals surface area contributed by atoms with Crippen molar-refractivity contribution < 1.29 is 8.42 Å². The molecule has 0 spiro atoms. The molecule has 6 nitrogen and oxygen atoms in total. The average molecular weight is 290 g/mol. The van der Waals surface area contributed by atoms with E-state index in [4.69, 9.17) is 11.1 Å². The zero-order valence-corrected chi connectivity index (χ0v) is 13.1. The molecule has 7 heteroatoms. The molecular formula is C12H26N4O2S. The zero-order valence-electron chi connectivity index (χ0n) is 12.3. The predicted molar refractivity (Wildman–Crippen MR) is 77.8 cm³/mol. The number of rotatable bonds is 4. The molecule has 1 fully saturated rings. The second-order valence-electron chi connectivity index (χ2n) is 5.93. The van der Waals surface area contributed by atoms with Crippen LogP contribution >= 0.6 is 0 Å². The molecule has 1 heterocycles. The molecule has 0 aromatic carbocycles. The first-order valence-corrected chi connectivity index (χ1v) is 8.13. The lowest BCUT2D eigenvalue weighted by atomic mass is 10.1. The minimum absolute atomic E-state index is 0.0699. The molecule has 112 valence electrons. The highest BCUT2D eigenvalue weighted by Crippen LogP contribution is 2.22. The fourth-order valence-corrected chi connectivity index (χ4v) is 3.74. The molecular weight excluding hydrogens is 264 g/mol. The maximum absolute atomic E-state index is 12.3. The molecule has 1 unspecified atom stereocenters. The van der Waals surface area contributed by atoms with Crippen LogP contribution in [0.15, 0.2) is 0 Å². The number of nitrogens with one attached hydrogen (secondary N) is 1. The molecule has 0 aromatic heterocycles. The van der Waals surface area contributed by atoms with Crippen LogP contribution in [-0.2, 0) is 10.0 Å². The largest absolute Gasteiger partial charge is 0.386 e. The van der Waals surface area contributed by atoms with Crippen LogP contribution in [0.25, 0.3) is 0 Å². The van der Waals surface area contributed by atoms with Crippen molar-refractivity contribution in [2.45, 2.75) is 44.9 Å². The number of nitrogens with zero attached hydrogens (tertiary/aromatic N) is 2. The summed E-state index contributed by atoms with van der Waals surface area (Å²) in [6, 6.07) is -0.0699. The van der Waals surface area contributed by atoms with Gasteiger partial charge in [0.2, 0.25) is 10.0 Å². The molecule has 0 amide bonds. The number of hydrogen-bond acceptors (Lipinski definition) is 4. The molecule has 0 aromatic rings. The van der Waals surface area contributed by atoms with E-state index in [0.717, 1.165) is 6.42 Å². The Bertz CT molecular complexity index is 420. The maximum Gasteiger partial charge on any atom is 0.219 e. The van der Waals surface area contributed by atoms with Crippen molar-refractivity contribution in [2.24, 2.45) is 5.73 Å². The van der Waals surface area contributed by atoms with E-state index < -0.39 is 14.8 Å². The van der Waals surface area contributed by atoms with Crippen molar-refractivity contribution in [1.82, 2.24) is 9.21 Å². The summed E-state index contributed by atoms with van der Waals surface area (Å²) in [5, 5.41) is 7.56. The molecule has 1 aliphatic heterocycles. The summed E-state index contributed by atoms with van der Waals surface area (Å²) in [6.45, 7) is 9.37. The van der Waals surface area contributed by atoms with Crippen LogP contribution in [0.3, 0.4) is 0 Å². The van der Waals surface area contributed by atoms with Crippen LogP contribution in [0.5, 0.6) is 0 Å². The van der Waals surface area contributed by atoms with E-state index in [1.165, 1.54) is 0 Å². The van der Waals surface area contributed by atoms with E-state index in [1.54, 1.807) is 25.1 Å². The Labute approximate surface area is 116 Å². The van der Waals surface area contributed by atoms with Gasteiger partial charge < -0.3 is 5.73 Å². The van der Waals surface area contributed by atoms with Crippen LogP contribution in [0, 0.1) is 5.41 Å². The molecule has 3 N–H and O–H groups in total. The molecule has 0 radical (unpaired) electrons. The predicted octanol–water partition coefficient (Wildman–Crippen LogP) is 0.447. The molecule has 0 saturated carbocycles. The minimum Gasteiger partial charge on any atom is -0.386 e. The lowest BCUT2D eigenvalue weighted by molar-refractivity contribution is 0.162. The van der Waals surface area contributed by atoms with Gasteiger partial charge in [-0.05, 0) is 27.2 Å². The lowest BCUT2D eigenvalue weighted by Gasteiger charge is -2.40. The standard InChI is InChI=1S/C12H26N4O2S/c1-5-10(11(13)14)15-6-8-16(9-7-15)19(17,18)12(2,3)4/h10H,5-9H2,1-4H3,(H3,13,14). The summed E-state index contributed by atoms with van der Waals surface area (Å²) in [4.78, 5) is 2.09. The quantitative estimate of drug-likeness (QED) is 0.581. The van der Waals surface area contributed by atoms with Gasteiger partial charge in [-0.2, -0.15) is 4.31 Å². The SMILES string of the molecule is CCC(C(=N)N)N1CCN(S(=O)(=O)C(C)(C)C)CC1. The number of sulfonamides is 1. The molecule has 0 bridgehead atoms. The monoisotopic (exact) mass is 290 g/mol. The van der Waals surface area contributed by atoms with Crippen LogP contribution in [0.1, 0.15) is 34.1 Å². The van der Waals surface area contributed by atoms with E-state index in [9.17, 15) is 8.42 Å². The van der Waals surface area contributed by atoms with Crippen LogP contribution in [0.4, 0.5) is 0 Å². The van der Waals surface area contributed by atoms with Crippen molar-refractivity contribution in [3.63, 3.8) is 0 Å². The fraction of sp³-hybridized carbons (Fsp3) is 0.917. The zero-order chi connectivity index (χ0) is 14.8. The van der Waals surface area contributed by atoms with E-state index in [-0.39, 0.29) is 11.9 Å². The lowest BCUT2D eigenvalue weighted by Crippen LogP contribution is -2.57. The maximum atomic E-state index is 12.3. The molecule has 0 aliphatic carbocycles. The Balaban J connectivity index is 2.71. The number of piperazine rings is 1. The first kappa shape index (κ1) is 16.4. The van der Waals surface area contributed by atoms with Gasteiger partial charge in [0.25, 0.3) is 0 Å².